The number of nitrogens with one attached hydrogen (secondary N) is 1. The maximum atomic E-state index is 8.70. The third-order valence-electron chi connectivity index (χ3n) is 3.25. The Labute approximate surface area is 102 Å². The number of unbranched alkanes of at least 4 members (excludes halogenated alkanes) is 2. The number of aromatic nitrogens is 2. The zero-order chi connectivity index (χ0) is 11.9. The molecule has 0 amide bonds. The van der Waals surface area contributed by atoms with Crippen molar-refractivity contribution in [3.63, 3.8) is 0 Å². The van der Waals surface area contributed by atoms with E-state index in [2.05, 4.69) is 15.3 Å². The van der Waals surface area contributed by atoms with Gasteiger partial charge in [-0.05, 0) is 44.9 Å². The van der Waals surface area contributed by atoms with Crippen LogP contribution in [0.3, 0.4) is 0 Å². The number of hydrogen-bond acceptors (Lipinski definition) is 4. The first kappa shape index (κ1) is 12.3. The molecule has 2 N–H and O–H groups in total. The second kappa shape index (κ2) is 6.55. The second-order valence-electron chi connectivity index (χ2n) is 4.57. The van der Waals surface area contributed by atoms with Gasteiger partial charge in [0.25, 0.3) is 0 Å². The number of nitrogens with zero attached hydrogens (tertiary/aromatic N) is 2. The fourth-order valence-electron chi connectivity index (χ4n) is 2.29. The molecule has 0 unspecified atom stereocenters. The van der Waals surface area contributed by atoms with Crippen LogP contribution in [0, 0.1) is 0 Å². The van der Waals surface area contributed by atoms with Crippen molar-refractivity contribution >= 4 is 5.82 Å². The Morgan fingerprint density at radius 2 is 2.00 bits per heavy atom. The molecule has 0 radical (unpaired) electrons. The molecule has 17 heavy (non-hydrogen) atoms. The molecule has 0 atom stereocenters. The zero-order valence-electron chi connectivity index (χ0n) is 10.3. The Bertz CT molecular complexity index is 355. The normalized spacial score (nSPS) is 14.4. The Morgan fingerprint density at radius 3 is 2.88 bits per heavy atom. The van der Waals surface area contributed by atoms with Gasteiger partial charge in [0.15, 0.2) is 0 Å². The first-order valence-corrected chi connectivity index (χ1v) is 6.59. The highest BCUT2D eigenvalue weighted by atomic mass is 16.2. The van der Waals surface area contributed by atoms with Crippen molar-refractivity contribution in [3.05, 3.63) is 17.6 Å². The van der Waals surface area contributed by atoms with Crippen LogP contribution in [0.25, 0.3) is 0 Å². The van der Waals surface area contributed by atoms with Gasteiger partial charge in [0.2, 0.25) is 0 Å². The summed E-state index contributed by atoms with van der Waals surface area (Å²) < 4.78 is 0. The Hall–Kier alpha value is -1.16. The van der Waals surface area contributed by atoms with E-state index in [1.807, 2.05) is 0 Å². The first-order chi connectivity index (χ1) is 8.42. The monoisotopic (exact) mass is 235 g/mol. The fourth-order valence-corrected chi connectivity index (χ4v) is 2.29. The molecule has 1 heterocycles. The topological polar surface area (TPSA) is 58.0 Å². The van der Waals surface area contributed by atoms with Gasteiger partial charge in [0, 0.05) is 24.4 Å². The lowest BCUT2D eigenvalue weighted by molar-refractivity contribution is 0.283. The lowest BCUT2D eigenvalue weighted by atomic mass is 9.96. The predicted octanol–water partition coefficient (Wildman–Crippen LogP) is 1.93. The lowest BCUT2D eigenvalue weighted by Gasteiger charge is -2.17. The van der Waals surface area contributed by atoms with Crippen molar-refractivity contribution in [2.24, 2.45) is 0 Å². The minimum atomic E-state index is 0.295. The Balaban J connectivity index is 1.87. The van der Waals surface area contributed by atoms with Crippen LogP contribution >= 0.6 is 0 Å². The standard InChI is InChI=1S/C13H21N3O/c17-9-5-1-4-8-14-13-11-6-2-3-7-12(11)15-10-16-13/h10,17H,1-9H2,(H,14,15,16). The first-order valence-electron chi connectivity index (χ1n) is 6.59. The maximum absolute atomic E-state index is 8.70. The van der Waals surface area contributed by atoms with Crippen molar-refractivity contribution in [2.45, 2.75) is 44.9 Å². The number of hydrogen-bond donors (Lipinski definition) is 2. The molecule has 1 aliphatic carbocycles. The van der Waals surface area contributed by atoms with E-state index in [9.17, 15) is 0 Å². The molecule has 0 spiro atoms. The summed E-state index contributed by atoms with van der Waals surface area (Å²) in [5, 5.41) is 12.1. The lowest BCUT2D eigenvalue weighted by Crippen LogP contribution is -2.12. The molecule has 0 aliphatic heterocycles. The molecular weight excluding hydrogens is 214 g/mol. The van der Waals surface area contributed by atoms with E-state index in [4.69, 9.17) is 5.11 Å². The molecule has 0 bridgehead atoms. The smallest absolute Gasteiger partial charge is 0.132 e. The average molecular weight is 235 g/mol. The third kappa shape index (κ3) is 3.40. The summed E-state index contributed by atoms with van der Waals surface area (Å²) in [6.07, 6.45) is 9.41. The number of aliphatic hydroxyl groups excluding tert-OH is 1. The molecule has 1 aromatic heterocycles. The van der Waals surface area contributed by atoms with Crippen molar-refractivity contribution in [2.75, 3.05) is 18.5 Å². The van der Waals surface area contributed by atoms with Gasteiger partial charge >= 0.3 is 0 Å². The molecule has 0 saturated carbocycles. The molecule has 4 heteroatoms. The summed E-state index contributed by atoms with van der Waals surface area (Å²) in [6.45, 7) is 1.23. The van der Waals surface area contributed by atoms with E-state index in [1.165, 1.54) is 24.1 Å². The zero-order valence-corrected chi connectivity index (χ0v) is 10.3. The Kier molecular flexibility index (Phi) is 4.74. The van der Waals surface area contributed by atoms with Crippen LogP contribution in [-0.2, 0) is 12.8 Å². The summed E-state index contributed by atoms with van der Waals surface area (Å²) in [4.78, 5) is 8.69. The van der Waals surface area contributed by atoms with Crippen LogP contribution in [-0.4, -0.2) is 28.2 Å². The number of aryl methyl sites for hydroxylation is 1. The van der Waals surface area contributed by atoms with E-state index in [0.29, 0.717) is 6.61 Å². The van der Waals surface area contributed by atoms with E-state index < -0.39 is 0 Å². The second-order valence-corrected chi connectivity index (χ2v) is 4.57. The molecular formula is C13H21N3O. The Morgan fingerprint density at radius 1 is 1.12 bits per heavy atom. The molecule has 0 aromatic carbocycles. The van der Waals surface area contributed by atoms with E-state index in [1.54, 1.807) is 6.33 Å². The maximum Gasteiger partial charge on any atom is 0.132 e. The number of rotatable bonds is 6. The van der Waals surface area contributed by atoms with Crippen LogP contribution in [0.5, 0.6) is 0 Å². The summed E-state index contributed by atoms with van der Waals surface area (Å²) in [5.74, 6) is 1.03. The quantitative estimate of drug-likeness (QED) is 0.740. The molecule has 4 nitrogen and oxygen atoms in total. The van der Waals surface area contributed by atoms with E-state index in [-0.39, 0.29) is 0 Å². The minimum absolute atomic E-state index is 0.295. The largest absolute Gasteiger partial charge is 0.396 e. The van der Waals surface area contributed by atoms with Crippen molar-refractivity contribution in [1.29, 1.82) is 0 Å². The van der Waals surface area contributed by atoms with Crippen LogP contribution in [0.4, 0.5) is 5.82 Å². The van der Waals surface area contributed by atoms with Gasteiger partial charge in [-0.25, -0.2) is 9.97 Å². The molecule has 0 saturated heterocycles. The third-order valence-corrected chi connectivity index (χ3v) is 3.25. The van der Waals surface area contributed by atoms with Crippen molar-refractivity contribution in [3.8, 4) is 0 Å². The summed E-state index contributed by atoms with van der Waals surface area (Å²) >= 11 is 0. The van der Waals surface area contributed by atoms with Crippen LogP contribution < -0.4 is 5.32 Å². The van der Waals surface area contributed by atoms with Gasteiger partial charge in [-0.1, -0.05) is 0 Å². The van der Waals surface area contributed by atoms with Crippen molar-refractivity contribution in [1.82, 2.24) is 9.97 Å². The number of fused-ring (bicyclic) bond motifs is 1. The van der Waals surface area contributed by atoms with Crippen LogP contribution in [0.2, 0.25) is 0 Å². The summed E-state index contributed by atoms with van der Waals surface area (Å²) in [5.41, 5.74) is 2.55. The minimum Gasteiger partial charge on any atom is -0.396 e. The molecule has 0 fully saturated rings. The number of aliphatic hydroxyl groups is 1. The highest BCUT2D eigenvalue weighted by Gasteiger charge is 2.14. The van der Waals surface area contributed by atoms with Gasteiger partial charge in [-0.2, -0.15) is 0 Å². The van der Waals surface area contributed by atoms with Gasteiger partial charge in [0.05, 0.1) is 0 Å². The van der Waals surface area contributed by atoms with Crippen LogP contribution in [0.15, 0.2) is 6.33 Å². The summed E-state index contributed by atoms with van der Waals surface area (Å²) in [7, 11) is 0. The fraction of sp³-hybridized carbons (Fsp3) is 0.692. The predicted molar refractivity (Wildman–Crippen MR) is 68.1 cm³/mol. The highest BCUT2D eigenvalue weighted by Crippen LogP contribution is 2.24. The van der Waals surface area contributed by atoms with Gasteiger partial charge in [0.1, 0.15) is 12.1 Å². The summed E-state index contributed by atoms with van der Waals surface area (Å²) in [6, 6.07) is 0. The van der Waals surface area contributed by atoms with Gasteiger partial charge < -0.3 is 10.4 Å². The van der Waals surface area contributed by atoms with E-state index in [0.717, 1.165) is 44.5 Å². The van der Waals surface area contributed by atoms with Crippen LogP contribution in [0.1, 0.15) is 43.4 Å². The SMILES string of the molecule is OCCCCCNc1ncnc2c1CCCC2. The molecule has 2 rings (SSSR count). The molecule has 1 aliphatic rings. The highest BCUT2D eigenvalue weighted by molar-refractivity contribution is 5.46. The van der Waals surface area contributed by atoms with Crippen molar-refractivity contribution < 1.29 is 5.11 Å². The number of anilines is 1. The van der Waals surface area contributed by atoms with E-state index >= 15 is 0 Å². The molecule has 1 aromatic rings. The van der Waals surface area contributed by atoms with Gasteiger partial charge in [-0.3, -0.25) is 0 Å². The average Bonchev–Trinajstić information content (AvgIpc) is 2.39. The molecule has 94 valence electrons. The van der Waals surface area contributed by atoms with Gasteiger partial charge in [-0.15, -0.1) is 0 Å².